The molecule has 1 saturated heterocycles. The molecule has 4 N–H and O–H groups in total. The number of urea groups is 1. The number of phenolic OH excluding ortho intramolecular Hbond substituents is 1. The van der Waals surface area contributed by atoms with E-state index in [1.807, 2.05) is 46.8 Å². The Kier molecular flexibility index (Phi) is 12.4. The number of nitrogens with one attached hydrogen (secondary N) is 3. The lowest BCUT2D eigenvalue weighted by atomic mass is 9.77. The van der Waals surface area contributed by atoms with Crippen LogP contribution in [0.15, 0.2) is 24.3 Å². The number of Topliss-reactive ketones (excluding diaryl/α,β-unsaturated/α-hetero) is 1. The molecule has 2 aliphatic rings. The van der Waals surface area contributed by atoms with E-state index in [-0.39, 0.29) is 23.9 Å². The third-order valence-corrected chi connectivity index (χ3v) is 9.09. The molecule has 4 unspecified atom stereocenters. The standard InChI is InChI=1S/C34H52N4O6/c1-6-11-23(2)20-26(28(41)22-39)35-30(42)27-12-10-19-38(27)31(43)29(33(3,4)5)36-32(44)37-34(17-8-7-9-18-34)21-24-13-15-25(40)16-14-24/h13-16,22-23,26-27,29,40H,6-12,17-21H2,1-5H3,(H,35,42)(H2,36,37,44). The lowest BCUT2D eigenvalue weighted by Crippen LogP contribution is -2.62. The maximum Gasteiger partial charge on any atom is 0.315 e. The van der Waals surface area contributed by atoms with Gasteiger partial charge < -0.3 is 26.0 Å². The fraction of sp³-hybridized carbons (Fsp3) is 0.676. The highest BCUT2D eigenvalue weighted by Gasteiger charge is 2.43. The average molecular weight is 613 g/mol. The Labute approximate surface area is 262 Å². The number of phenols is 1. The molecule has 1 aromatic rings. The minimum Gasteiger partial charge on any atom is -0.508 e. The maximum atomic E-state index is 14.0. The van der Waals surface area contributed by atoms with E-state index in [2.05, 4.69) is 16.0 Å². The number of carbonyl (C=O) groups is 5. The second kappa shape index (κ2) is 15.5. The van der Waals surface area contributed by atoms with Crippen molar-refractivity contribution in [2.75, 3.05) is 6.54 Å². The topological polar surface area (TPSA) is 145 Å². The second-order valence-corrected chi connectivity index (χ2v) is 14.0. The van der Waals surface area contributed by atoms with Gasteiger partial charge in [0, 0.05) is 12.1 Å². The van der Waals surface area contributed by atoms with Gasteiger partial charge in [0.25, 0.3) is 0 Å². The summed E-state index contributed by atoms with van der Waals surface area (Å²) in [6.07, 6.45) is 8.73. The van der Waals surface area contributed by atoms with Crippen molar-refractivity contribution in [3.05, 3.63) is 29.8 Å². The minimum absolute atomic E-state index is 0.144. The van der Waals surface area contributed by atoms with Gasteiger partial charge in [0.05, 0.1) is 6.04 Å². The van der Waals surface area contributed by atoms with Crippen molar-refractivity contribution in [1.29, 1.82) is 0 Å². The molecule has 2 fully saturated rings. The zero-order valence-electron chi connectivity index (χ0n) is 27.1. The van der Waals surface area contributed by atoms with Crippen molar-refractivity contribution in [2.24, 2.45) is 11.3 Å². The third-order valence-electron chi connectivity index (χ3n) is 9.09. The first-order valence-corrected chi connectivity index (χ1v) is 16.2. The van der Waals surface area contributed by atoms with Crippen molar-refractivity contribution in [1.82, 2.24) is 20.9 Å². The molecule has 1 aliphatic heterocycles. The molecule has 10 heteroatoms. The lowest BCUT2D eigenvalue weighted by molar-refractivity contribution is -0.142. The number of rotatable bonds is 13. The summed E-state index contributed by atoms with van der Waals surface area (Å²) >= 11 is 0. The Bertz CT molecular complexity index is 1160. The lowest BCUT2D eigenvalue weighted by Gasteiger charge is -2.40. The van der Waals surface area contributed by atoms with Crippen LogP contribution in [0.2, 0.25) is 0 Å². The number of likely N-dealkylation sites (tertiary alicyclic amines) is 1. The number of ketones is 1. The van der Waals surface area contributed by atoms with Crippen molar-refractivity contribution in [3.8, 4) is 5.75 Å². The Balaban J connectivity index is 1.74. The van der Waals surface area contributed by atoms with Crippen LogP contribution in [0.3, 0.4) is 0 Å². The van der Waals surface area contributed by atoms with E-state index in [1.165, 1.54) is 4.90 Å². The molecule has 0 bridgehead atoms. The summed E-state index contributed by atoms with van der Waals surface area (Å²) in [5.41, 5.74) is -0.120. The van der Waals surface area contributed by atoms with E-state index in [0.29, 0.717) is 32.2 Å². The van der Waals surface area contributed by atoms with Crippen molar-refractivity contribution < 1.29 is 29.1 Å². The molecular formula is C34H52N4O6. The number of aromatic hydroxyl groups is 1. The zero-order valence-corrected chi connectivity index (χ0v) is 27.1. The van der Waals surface area contributed by atoms with Crippen molar-refractivity contribution >= 4 is 29.9 Å². The van der Waals surface area contributed by atoms with Gasteiger partial charge in [-0.2, -0.15) is 0 Å². The van der Waals surface area contributed by atoms with Gasteiger partial charge in [-0.3, -0.25) is 19.2 Å². The van der Waals surface area contributed by atoms with E-state index in [4.69, 9.17) is 0 Å². The number of hydrogen-bond donors (Lipinski definition) is 4. The predicted octanol–water partition coefficient (Wildman–Crippen LogP) is 4.42. The van der Waals surface area contributed by atoms with Crippen LogP contribution < -0.4 is 16.0 Å². The summed E-state index contributed by atoms with van der Waals surface area (Å²) in [6, 6.07) is 3.97. The highest BCUT2D eigenvalue weighted by Crippen LogP contribution is 2.32. The fourth-order valence-corrected chi connectivity index (χ4v) is 6.71. The van der Waals surface area contributed by atoms with Crippen molar-refractivity contribution in [2.45, 2.75) is 129 Å². The predicted molar refractivity (Wildman–Crippen MR) is 169 cm³/mol. The maximum absolute atomic E-state index is 14.0. The van der Waals surface area contributed by atoms with Crippen LogP contribution in [0.1, 0.15) is 104 Å². The number of hydrogen-bond acceptors (Lipinski definition) is 6. The molecule has 0 spiro atoms. The summed E-state index contributed by atoms with van der Waals surface area (Å²) in [4.78, 5) is 66.3. The Morgan fingerprint density at radius 1 is 1.05 bits per heavy atom. The van der Waals surface area contributed by atoms with E-state index >= 15 is 0 Å². The molecule has 1 aliphatic carbocycles. The number of carbonyl (C=O) groups excluding carboxylic acids is 5. The smallest absolute Gasteiger partial charge is 0.315 e. The van der Waals surface area contributed by atoms with Crippen LogP contribution in [-0.4, -0.2) is 70.1 Å². The molecule has 1 saturated carbocycles. The molecule has 4 atom stereocenters. The Morgan fingerprint density at radius 2 is 1.70 bits per heavy atom. The molecule has 244 valence electrons. The van der Waals surface area contributed by atoms with Gasteiger partial charge in [0.1, 0.15) is 17.8 Å². The first-order valence-electron chi connectivity index (χ1n) is 16.2. The third kappa shape index (κ3) is 9.53. The number of nitrogens with zero attached hydrogens (tertiary/aromatic N) is 1. The molecule has 1 heterocycles. The van der Waals surface area contributed by atoms with Gasteiger partial charge in [-0.05, 0) is 67.6 Å². The van der Waals surface area contributed by atoms with Crippen LogP contribution in [0.5, 0.6) is 5.75 Å². The van der Waals surface area contributed by atoms with Gasteiger partial charge in [0.15, 0.2) is 6.29 Å². The SMILES string of the molecule is CCCC(C)CC(NC(=O)C1CCCN1C(=O)C(NC(=O)NC1(Cc2ccc(O)cc2)CCCCC1)C(C)(C)C)C(=O)C=O. The first kappa shape index (κ1) is 35.1. The summed E-state index contributed by atoms with van der Waals surface area (Å²) in [7, 11) is 0. The normalized spacial score (nSPS) is 20.2. The minimum atomic E-state index is -0.929. The molecule has 0 radical (unpaired) electrons. The Morgan fingerprint density at radius 3 is 2.30 bits per heavy atom. The Hall–Kier alpha value is -3.43. The summed E-state index contributed by atoms with van der Waals surface area (Å²) in [5.74, 6) is -1.14. The van der Waals surface area contributed by atoms with Crippen LogP contribution in [0.25, 0.3) is 0 Å². The molecular weight excluding hydrogens is 560 g/mol. The number of benzene rings is 1. The summed E-state index contributed by atoms with van der Waals surface area (Å²) < 4.78 is 0. The molecule has 10 nitrogen and oxygen atoms in total. The largest absolute Gasteiger partial charge is 0.508 e. The van der Waals surface area contributed by atoms with E-state index < -0.39 is 46.8 Å². The van der Waals surface area contributed by atoms with Crippen LogP contribution in [0, 0.1) is 11.3 Å². The van der Waals surface area contributed by atoms with Gasteiger partial charge in [-0.1, -0.05) is 78.9 Å². The number of amides is 4. The van der Waals surface area contributed by atoms with Crippen LogP contribution >= 0.6 is 0 Å². The van der Waals surface area contributed by atoms with Gasteiger partial charge >= 0.3 is 6.03 Å². The van der Waals surface area contributed by atoms with E-state index in [0.717, 1.165) is 50.5 Å². The van der Waals surface area contributed by atoms with Crippen LogP contribution in [0.4, 0.5) is 4.79 Å². The summed E-state index contributed by atoms with van der Waals surface area (Å²) in [6.45, 7) is 10.0. The van der Waals surface area contributed by atoms with E-state index in [1.54, 1.807) is 12.1 Å². The summed E-state index contributed by atoms with van der Waals surface area (Å²) in [5, 5.41) is 18.6. The molecule has 3 rings (SSSR count). The highest BCUT2D eigenvalue weighted by molar-refractivity contribution is 6.28. The molecule has 4 amide bonds. The quantitative estimate of drug-likeness (QED) is 0.192. The molecule has 0 aromatic heterocycles. The number of aldehydes is 1. The van der Waals surface area contributed by atoms with Gasteiger partial charge in [-0.15, -0.1) is 0 Å². The fourth-order valence-electron chi connectivity index (χ4n) is 6.71. The highest BCUT2D eigenvalue weighted by atomic mass is 16.3. The second-order valence-electron chi connectivity index (χ2n) is 14.0. The zero-order chi connectivity index (χ0) is 32.5. The monoisotopic (exact) mass is 612 g/mol. The van der Waals surface area contributed by atoms with E-state index in [9.17, 15) is 29.1 Å². The average Bonchev–Trinajstić information content (AvgIpc) is 3.46. The van der Waals surface area contributed by atoms with Gasteiger partial charge in [-0.25, -0.2) is 4.79 Å². The first-order chi connectivity index (χ1) is 20.8. The van der Waals surface area contributed by atoms with Gasteiger partial charge in [0.2, 0.25) is 17.6 Å². The molecule has 1 aromatic carbocycles. The van der Waals surface area contributed by atoms with Crippen molar-refractivity contribution in [3.63, 3.8) is 0 Å². The molecule has 44 heavy (non-hydrogen) atoms. The van der Waals surface area contributed by atoms with Crippen LogP contribution in [-0.2, 0) is 25.6 Å².